The zero-order valence-corrected chi connectivity index (χ0v) is 9.74. The average Bonchev–Trinajstić information content (AvgIpc) is 2.84. The predicted octanol–water partition coefficient (Wildman–Crippen LogP) is -0.230. The van der Waals surface area contributed by atoms with Crippen LogP contribution in [0.3, 0.4) is 0 Å². The van der Waals surface area contributed by atoms with Gasteiger partial charge in [0.25, 0.3) is 0 Å². The highest BCUT2D eigenvalue weighted by Crippen LogP contribution is 2.30. The largest absolute Gasteiger partial charge is 0.488 e. The van der Waals surface area contributed by atoms with E-state index in [-0.39, 0.29) is 5.82 Å². The molecule has 0 heterocycles. The third-order valence-corrected chi connectivity index (χ3v) is 2.92. The molecule has 92 valence electrons. The molecule has 0 unspecified atom stereocenters. The quantitative estimate of drug-likeness (QED) is 0.534. The molecule has 17 heavy (non-hydrogen) atoms. The van der Waals surface area contributed by atoms with Crippen LogP contribution in [0.5, 0.6) is 0 Å². The first-order chi connectivity index (χ1) is 8.11. The first kappa shape index (κ1) is 14.3. The van der Waals surface area contributed by atoms with Gasteiger partial charge in [0.2, 0.25) is 0 Å². The molecule has 0 spiro atoms. The summed E-state index contributed by atoms with van der Waals surface area (Å²) >= 11 is 0. The van der Waals surface area contributed by atoms with Gasteiger partial charge in [-0.2, -0.15) is 0 Å². The third kappa shape index (κ3) is 5.37. The van der Waals surface area contributed by atoms with Crippen LogP contribution in [0.15, 0.2) is 30.3 Å². The summed E-state index contributed by atoms with van der Waals surface area (Å²) in [5.74, 6) is 0.176. The highest BCUT2D eigenvalue weighted by atomic mass is 16.4. The molecule has 0 atom stereocenters. The van der Waals surface area contributed by atoms with E-state index in [9.17, 15) is 0 Å². The minimum Gasteiger partial charge on any atom is -0.427 e. The third-order valence-electron chi connectivity index (χ3n) is 2.92. The SMILES string of the molecule is OB(O)C1CCCC1.OB(O)c1ccccc1. The second kappa shape index (κ2) is 7.50. The number of hydrogen-bond acceptors (Lipinski definition) is 4. The van der Waals surface area contributed by atoms with E-state index in [0.29, 0.717) is 5.46 Å². The van der Waals surface area contributed by atoms with Crippen molar-refractivity contribution in [3.05, 3.63) is 30.3 Å². The molecule has 0 bridgehead atoms. The summed E-state index contributed by atoms with van der Waals surface area (Å²) in [6.07, 6.45) is 4.33. The van der Waals surface area contributed by atoms with Crippen molar-refractivity contribution < 1.29 is 20.1 Å². The molecule has 1 aliphatic carbocycles. The van der Waals surface area contributed by atoms with Gasteiger partial charge in [0.1, 0.15) is 0 Å². The van der Waals surface area contributed by atoms with Crippen molar-refractivity contribution in [1.82, 2.24) is 0 Å². The van der Waals surface area contributed by atoms with Crippen LogP contribution in [0.25, 0.3) is 0 Å². The standard InChI is InChI=1S/C6H7BO2.C5H11BO2/c8-7(9)6-4-2-1-3-5-6;7-6(8)5-3-1-2-4-5/h1-5,8-9H;5,7-8H,1-4H2. The minimum absolute atomic E-state index is 0.176. The Balaban J connectivity index is 0.000000171. The van der Waals surface area contributed by atoms with Gasteiger partial charge in [0, 0.05) is 0 Å². The van der Waals surface area contributed by atoms with Crippen molar-refractivity contribution in [2.24, 2.45) is 0 Å². The van der Waals surface area contributed by atoms with E-state index in [0.717, 1.165) is 12.8 Å². The lowest BCUT2D eigenvalue weighted by atomic mass is 9.72. The monoisotopic (exact) mass is 236 g/mol. The van der Waals surface area contributed by atoms with Gasteiger partial charge >= 0.3 is 14.2 Å². The van der Waals surface area contributed by atoms with Crippen LogP contribution in [0.1, 0.15) is 25.7 Å². The Hall–Kier alpha value is -0.810. The molecule has 0 radical (unpaired) electrons. The molecular formula is C11H18B2O4. The fourth-order valence-electron chi connectivity index (χ4n) is 1.88. The Morgan fingerprint density at radius 1 is 0.882 bits per heavy atom. The molecule has 0 amide bonds. The Morgan fingerprint density at radius 2 is 1.41 bits per heavy atom. The summed E-state index contributed by atoms with van der Waals surface area (Å²) in [4.78, 5) is 0. The van der Waals surface area contributed by atoms with Crippen LogP contribution in [-0.2, 0) is 0 Å². The summed E-state index contributed by atoms with van der Waals surface area (Å²) in [5.41, 5.74) is 0.525. The van der Waals surface area contributed by atoms with Crippen LogP contribution < -0.4 is 5.46 Å². The number of benzene rings is 1. The van der Waals surface area contributed by atoms with Gasteiger partial charge in [0.05, 0.1) is 0 Å². The Morgan fingerprint density at radius 3 is 1.71 bits per heavy atom. The zero-order chi connectivity index (χ0) is 12.7. The second-order valence-electron chi connectivity index (χ2n) is 4.24. The van der Waals surface area contributed by atoms with Crippen molar-refractivity contribution in [2.75, 3.05) is 0 Å². The molecular weight excluding hydrogens is 218 g/mol. The smallest absolute Gasteiger partial charge is 0.427 e. The minimum atomic E-state index is -1.34. The average molecular weight is 236 g/mol. The Labute approximate surface area is 102 Å². The van der Waals surface area contributed by atoms with E-state index in [4.69, 9.17) is 20.1 Å². The molecule has 4 N–H and O–H groups in total. The van der Waals surface area contributed by atoms with Gasteiger partial charge in [-0.05, 0) is 11.3 Å². The summed E-state index contributed by atoms with van der Waals surface area (Å²) in [7, 11) is -2.40. The Kier molecular flexibility index (Phi) is 6.29. The van der Waals surface area contributed by atoms with Crippen molar-refractivity contribution in [3.63, 3.8) is 0 Å². The molecule has 1 aromatic rings. The van der Waals surface area contributed by atoms with Gasteiger partial charge in [-0.25, -0.2) is 0 Å². The van der Waals surface area contributed by atoms with Crippen molar-refractivity contribution in [3.8, 4) is 0 Å². The topological polar surface area (TPSA) is 80.9 Å². The van der Waals surface area contributed by atoms with E-state index in [1.807, 2.05) is 6.07 Å². The van der Waals surface area contributed by atoms with Crippen LogP contribution in [-0.4, -0.2) is 34.3 Å². The maximum atomic E-state index is 8.61. The maximum absolute atomic E-state index is 8.61. The Bertz CT molecular complexity index is 300. The van der Waals surface area contributed by atoms with Gasteiger partial charge in [-0.3, -0.25) is 0 Å². The maximum Gasteiger partial charge on any atom is 0.488 e. The normalized spacial score (nSPS) is 15.1. The molecule has 0 saturated heterocycles. The summed E-state index contributed by atoms with van der Waals surface area (Å²) < 4.78 is 0. The van der Waals surface area contributed by atoms with Crippen molar-refractivity contribution in [2.45, 2.75) is 31.5 Å². The van der Waals surface area contributed by atoms with Crippen LogP contribution in [0.4, 0.5) is 0 Å². The molecule has 1 aromatic carbocycles. The van der Waals surface area contributed by atoms with E-state index in [1.54, 1.807) is 24.3 Å². The molecule has 6 heteroatoms. The van der Waals surface area contributed by atoms with Crippen LogP contribution >= 0.6 is 0 Å². The highest BCUT2D eigenvalue weighted by Gasteiger charge is 2.25. The fraction of sp³-hybridized carbons (Fsp3) is 0.455. The molecule has 4 nitrogen and oxygen atoms in total. The lowest BCUT2D eigenvalue weighted by Crippen LogP contribution is -2.29. The molecule has 1 saturated carbocycles. The van der Waals surface area contributed by atoms with Crippen molar-refractivity contribution in [1.29, 1.82) is 0 Å². The molecule has 1 fully saturated rings. The van der Waals surface area contributed by atoms with E-state index >= 15 is 0 Å². The number of rotatable bonds is 2. The summed E-state index contributed by atoms with van der Waals surface area (Å²) in [6, 6.07) is 8.66. The zero-order valence-electron chi connectivity index (χ0n) is 9.74. The molecule has 0 aliphatic heterocycles. The van der Waals surface area contributed by atoms with Crippen molar-refractivity contribution >= 4 is 19.7 Å². The lowest BCUT2D eigenvalue weighted by molar-refractivity contribution is 0.384. The van der Waals surface area contributed by atoms with E-state index in [1.165, 1.54) is 12.8 Å². The van der Waals surface area contributed by atoms with Gasteiger partial charge in [-0.1, -0.05) is 56.0 Å². The molecule has 1 aliphatic rings. The van der Waals surface area contributed by atoms with Gasteiger partial charge in [-0.15, -0.1) is 0 Å². The first-order valence-electron chi connectivity index (χ1n) is 5.88. The van der Waals surface area contributed by atoms with Gasteiger partial charge < -0.3 is 20.1 Å². The lowest BCUT2D eigenvalue weighted by Gasteiger charge is -2.03. The highest BCUT2D eigenvalue weighted by molar-refractivity contribution is 6.58. The van der Waals surface area contributed by atoms with Crippen LogP contribution in [0.2, 0.25) is 5.82 Å². The van der Waals surface area contributed by atoms with E-state index in [2.05, 4.69) is 0 Å². The molecule has 0 aromatic heterocycles. The predicted molar refractivity (Wildman–Crippen MR) is 68.7 cm³/mol. The van der Waals surface area contributed by atoms with Gasteiger partial charge in [0.15, 0.2) is 0 Å². The number of hydrogen-bond donors (Lipinski definition) is 4. The van der Waals surface area contributed by atoms with Crippen LogP contribution in [0, 0.1) is 0 Å². The summed E-state index contributed by atoms with van der Waals surface area (Å²) in [6.45, 7) is 0. The second-order valence-corrected chi connectivity index (χ2v) is 4.24. The first-order valence-corrected chi connectivity index (χ1v) is 5.88. The summed E-state index contributed by atoms with van der Waals surface area (Å²) in [5, 5.41) is 34.4. The molecule has 2 rings (SSSR count). The van der Waals surface area contributed by atoms with E-state index < -0.39 is 14.2 Å². The fourth-order valence-corrected chi connectivity index (χ4v) is 1.88.